The lowest BCUT2D eigenvalue weighted by atomic mass is 10.2. The highest BCUT2D eigenvalue weighted by molar-refractivity contribution is 5.79. The standard InChI is InChI=1S/C13H12N6O2/c1-20-12-16-11(19-14)17-13(18-12)21-9-5-4-8-3-2-6-15-10(8)7-9/h2-7H,14H2,1H3,(H,16,17,18,19). The molecule has 0 atom stereocenters. The van der Waals surface area contributed by atoms with Crippen molar-refractivity contribution in [2.45, 2.75) is 0 Å². The molecule has 0 fully saturated rings. The van der Waals surface area contributed by atoms with Crippen LogP contribution in [0.5, 0.6) is 17.8 Å². The Kier molecular flexibility index (Phi) is 3.44. The summed E-state index contributed by atoms with van der Waals surface area (Å²) in [6, 6.07) is 9.51. The molecule has 0 spiro atoms. The lowest BCUT2D eigenvalue weighted by Gasteiger charge is -2.07. The van der Waals surface area contributed by atoms with Crippen molar-refractivity contribution in [3.05, 3.63) is 36.5 Å². The first-order valence-electron chi connectivity index (χ1n) is 6.08. The third-order valence-corrected chi connectivity index (χ3v) is 2.69. The fourth-order valence-electron chi connectivity index (χ4n) is 1.75. The van der Waals surface area contributed by atoms with Crippen LogP contribution >= 0.6 is 0 Å². The molecule has 0 unspecified atom stereocenters. The summed E-state index contributed by atoms with van der Waals surface area (Å²) in [4.78, 5) is 16.1. The Morgan fingerprint density at radius 3 is 2.76 bits per heavy atom. The first-order chi connectivity index (χ1) is 10.3. The number of hydrogen-bond donors (Lipinski definition) is 2. The van der Waals surface area contributed by atoms with Crippen LogP contribution < -0.4 is 20.7 Å². The molecule has 1 aromatic carbocycles. The number of nitrogen functional groups attached to an aromatic ring is 1. The van der Waals surface area contributed by atoms with Gasteiger partial charge in [-0.3, -0.25) is 10.4 Å². The number of hydrogen-bond acceptors (Lipinski definition) is 8. The van der Waals surface area contributed by atoms with Gasteiger partial charge < -0.3 is 9.47 Å². The first kappa shape index (κ1) is 13.0. The van der Waals surface area contributed by atoms with Crippen LogP contribution in [0.15, 0.2) is 36.5 Å². The van der Waals surface area contributed by atoms with Crippen molar-refractivity contribution in [2.24, 2.45) is 5.84 Å². The Balaban J connectivity index is 1.94. The third kappa shape index (κ3) is 2.79. The normalized spacial score (nSPS) is 10.4. The number of rotatable bonds is 4. The molecule has 106 valence electrons. The summed E-state index contributed by atoms with van der Waals surface area (Å²) >= 11 is 0. The lowest BCUT2D eigenvalue weighted by Crippen LogP contribution is -2.12. The van der Waals surface area contributed by atoms with Gasteiger partial charge in [0.2, 0.25) is 5.95 Å². The zero-order chi connectivity index (χ0) is 14.7. The summed E-state index contributed by atoms with van der Waals surface area (Å²) in [7, 11) is 1.44. The number of anilines is 1. The van der Waals surface area contributed by atoms with E-state index in [0.29, 0.717) is 5.75 Å². The quantitative estimate of drug-likeness (QED) is 0.548. The predicted molar refractivity (Wildman–Crippen MR) is 76.0 cm³/mol. The molecule has 3 aromatic rings. The van der Waals surface area contributed by atoms with Crippen molar-refractivity contribution in [1.82, 2.24) is 19.9 Å². The van der Waals surface area contributed by atoms with Crippen LogP contribution in [-0.2, 0) is 0 Å². The van der Waals surface area contributed by atoms with E-state index in [1.807, 2.05) is 18.2 Å². The Morgan fingerprint density at radius 1 is 1.10 bits per heavy atom. The molecule has 0 aliphatic carbocycles. The van der Waals surface area contributed by atoms with Gasteiger partial charge in [-0.05, 0) is 18.2 Å². The SMILES string of the molecule is COc1nc(NN)nc(Oc2ccc3cccnc3c2)n1. The zero-order valence-corrected chi connectivity index (χ0v) is 11.1. The number of methoxy groups -OCH3 is 1. The summed E-state index contributed by atoms with van der Waals surface area (Å²) in [5.41, 5.74) is 3.14. The van der Waals surface area contributed by atoms with E-state index in [1.165, 1.54) is 7.11 Å². The van der Waals surface area contributed by atoms with Crippen LogP contribution in [0.2, 0.25) is 0 Å². The predicted octanol–water partition coefficient (Wildman–Crippen LogP) is 1.51. The Hall–Kier alpha value is -3.00. The van der Waals surface area contributed by atoms with Crippen LogP contribution in [0.25, 0.3) is 10.9 Å². The summed E-state index contributed by atoms with van der Waals surface area (Å²) in [5.74, 6) is 5.99. The molecule has 21 heavy (non-hydrogen) atoms. The van der Waals surface area contributed by atoms with E-state index in [-0.39, 0.29) is 18.0 Å². The van der Waals surface area contributed by atoms with Gasteiger partial charge in [-0.2, -0.15) is 9.97 Å². The molecule has 2 aromatic heterocycles. The lowest BCUT2D eigenvalue weighted by molar-refractivity contribution is 0.360. The second-order valence-corrected chi connectivity index (χ2v) is 4.03. The van der Waals surface area contributed by atoms with Crippen molar-refractivity contribution < 1.29 is 9.47 Å². The van der Waals surface area contributed by atoms with Crippen LogP contribution in [0.3, 0.4) is 0 Å². The maximum atomic E-state index is 5.59. The van der Waals surface area contributed by atoms with Crippen LogP contribution in [0.4, 0.5) is 5.95 Å². The molecule has 0 saturated carbocycles. The van der Waals surface area contributed by atoms with E-state index < -0.39 is 0 Å². The number of aromatic nitrogens is 4. The average Bonchev–Trinajstić information content (AvgIpc) is 2.54. The molecule has 0 saturated heterocycles. The van der Waals surface area contributed by atoms with E-state index in [0.717, 1.165) is 10.9 Å². The number of ether oxygens (including phenoxy) is 2. The molecular formula is C13H12N6O2. The van der Waals surface area contributed by atoms with Gasteiger partial charge in [0.1, 0.15) is 5.75 Å². The van der Waals surface area contributed by atoms with E-state index in [1.54, 1.807) is 18.3 Å². The molecule has 8 heteroatoms. The topological polar surface area (TPSA) is 108 Å². The largest absolute Gasteiger partial charge is 0.467 e. The van der Waals surface area contributed by atoms with Gasteiger partial charge >= 0.3 is 12.0 Å². The van der Waals surface area contributed by atoms with Crippen molar-refractivity contribution >= 4 is 16.9 Å². The van der Waals surface area contributed by atoms with E-state index in [2.05, 4.69) is 25.4 Å². The zero-order valence-electron chi connectivity index (χ0n) is 11.1. The molecule has 0 aliphatic heterocycles. The minimum absolute atomic E-state index is 0.0741. The van der Waals surface area contributed by atoms with Gasteiger partial charge in [0.25, 0.3) is 0 Å². The Morgan fingerprint density at radius 2 is 1.95 bits per heavy atom. The Bertz CT molecular complexity index is 757. The number of hydrazine groups is 1. The number of nitrogens with zero attached hydrogens (tertiary/aromatic N) is 4. The molecule has 3 rings (SSSR count). The van der Waals surface area contributed by atoms with Crippen molar-refractivity contribution in [2.75, 3.05) is 12.5 Å². The molecule has 0 aliphatic rings. The van der Waals surface area contributed by atoms with Crippen LogP contribution in [0, 0.1) is 0 Å². The minimum Gasteiger partial charge on any atom is -0.467 e. The maximum Gasteiger partial charge on any atom is 0.330 e. The number of benzene rings is 1. The highest BCUT2D eigenvalue weighted by Gasteiger charge is 2.08. The second-order valence-electron chi connectivity index (χ2n) is 4.03. The number of pyridine rings is 1. The number of nitrogens with two attached hydrogens (primary N) is 1. The highest BCUT2D eigenvalue weighted by Crippen LogP contribution is 2.23. The summed E-state index contributed by atoms with van der Waals surface area (Å²) in [6.07, 6.45) is 1.72. The summed E-state index contributed by atoms with van der Waals surface area (Å²) in [5, 5.41) is 1.02. The fourth-order valence-corrected chi connectivity index (χ4v) is 1.75. The van der Waals surface area contributed by atoms with Crippen LogP contribution in [-0.4, -0.2) is 27.0 Å². The van der Waals surface area contributed by atoms with E-state index in [4.69, 9.17) is 15.3 Å². The van der Waals surface area contributed by atoms with Gasteiger partial charge in [-0.25, -0.2) is 5.84 Å². The molecular weight excluding hydrogens is 272 g/mol. The van der Waals surface area contributed by atoms with Crippen molar-refractivity contribution in [3.63, 3.8) is 0 Å². The second kappa shape index (κ2) is 5.55. The minimum atomic E-state index is 0.0741. The molecule has 0 amide bonds. The molecule has 2 heterocycles. The molecule has 0 bridgehead atoms. The number of fused-ring (bicyclic) bond motifs is 1. The van der Waals surface area contributed by atoms with Crippen molar-refractivity contribution in [1.29, 1.82) is 0 Å². The van der Waals surface area contributed by atoms with E-state index in [9.17, 15) is 0 Å². The maximum absolute atomic E-state index is 5.59. The molecule has 0 radical (unpaired) electrons. The van der Waals surface area contributed by atoms with Crippen molar-refractivity contribution in [3.8, 4) is 17.8 Å². The monoisotopic (exact) mass is 284 g/mol. The highest BCUT2D eigenvalue weighted by atomic mass is 16.5. The molecule has 3 N–H and O–H groups in total. The van der Waals surface area contributed by atoms with E-state index >= 15 is 0 Å². The summed E-state index contributed by atoms with van der Waals surface area (Å²) < 4.78 is 10.5. The Labute approximate surface area is 120 Å². The van der Waals surface area contributed by atoms with Gasteiger partial charge in [0.15, 0.2) is 0 Å². The van der Waals surface area contributed by atoms with Gasteiger partial charge in [-0.15, -0.1) is 4.98 Å². The third-order valence-electron chi connectivity index (χ3n) is 2.69. The average molecular weight is 284 g/mol. The van der Waals surface area contributed by atoms with Gasteiger partial charge in [-0.1, -0.05) is 6.07 Å². The summed E-state index contributed by atoms with van der Waals surface area (Å²) in [6.45, 7) is 0. The first-order valence-corrected chi connectivity index (χ1v) is 6.08. The van der Waals surface area contributed by atoms with Gasteiger partial charge in [0, 0.05) is 17.6 Å². The smallest absolute Gasteiger partial charge is 0.330 e. The molecule has 8 nitrogen and oxygen atoms in total. The van der Waals surface area contributed by atoms with Crippen LogP contribution in [0.1, 0.15) is 0 Å². The fraction of sp³-hybridized carbons (Fsp3) is 0.0769. The van der Waals surface area contributed by atoms with Gasteiger partial charge in [0.05, 0.1) is 12.6 Å². The number of nitrogens with one attached hydrogen (secondary N) is 1.